The van der Waals surface area contributed by atoms with Gasteiger partial charge in [0.15, 0.2) is 15.7 Å². The molecular weight excluding hydrogens is 686 g/mol. The molecule has 4 saturated carbocycles. The zero-order valence-corrected chi connectivity index (χ0v) is 26.5. The molecule has 246 valence electrons. The van der Waals surface area contributed by atoms with E-state index in [1.54, 1.807) is 6.07 Å². The summed E-state index contributed by atoms with van der Waals surface area (Å²) in [4.78, 5) is 12.6. The lowest BCUT2D eigenvalue weighted by Gasteiger charge is -2.60. The first-order valence-electron chi connectivity index (χ1n) is 14.6. The standard InChI is InChI=1S/C30H24F5N5O4S3/c31-19-5-2-4-18(30(33,34)35)26(19)47(43,44)40-20-6-1-3-15(22(20)32)24-25(45-27(38-24)29-9-14(10-29)11-29)21-7-8-36-28(37-21)39-23-16-12-46(41,42)13-17(16)23/h1-8,14,16-17,23,40H,9-13H2,(H,36,37,39)/t14?,16-,17+,23+,29?. The summed E-state index contributed by atoms with van der Waals surface area (Å²) in [6.07, 6.45) is -0.861. The highest BCUT2D eigenvalue weighted by molar-refractivity contribution is 7.92. The zero-order valence-electron chi connectivity index (χ0n) is 24.1. The van der Waals surface area contributed by atoms with Crippen LogP contribution in [0.5, 0.6) is 0 Å². The molecule has 0 spiro atoms. The minimum atomic E-state index is -5.24. The summed E-state index contributed by atoms with van der Waals surface area (Å²) in [5.41, 5.74) is -2.12. The maximum Gasteiger partial charge on any atom is 0.417 e. The quantitative estimate of drug-likeness (QED) is 0.217. The first-order chi connectivity index (χ1) is 22.1. The number of aromatic nitrogens is 3. The smallest absolute Gasteiger partial charge is 0.351 e. The molecular formula is C30H24F5N5O4S3. The van der Waals surface area contributed by atoms with Crippen molar-refractivity contribution in [3.05, 3.63) is 70.9 Å². The molecule has 47 heavy (non-hydrogen) atoms. The summed E-state index contributed by atoms with van der Waals surface area (Å²) in [7, 11) is -8.29. The van der Waals surface area contributed by atoms with Gasteiger partial charge in [0.05, 0.1) is 39.0 Å². The van der Waals surface area contributed by atoms with E-state index < -0.39 is 53.8 Å². The largest absolute Gasteiger partial charge is 0.417 e. The number of sulfonamides is 1. The first-order valence-corrected chi connectivity index (χ1v) is 18.8. The molecule has 0 amide bonds. The summed E-state index contributed by atoms with van der Waals surface area (Å²) in [5, 5.41) is 3.98. The van der Waals surface area contributed by atoms with Crippen LogP contribution in [0, 0.1) is 29.4 Å². The summed E-state index contributed by atoms with van der Waals surface area (Å²) in [6.45, 7) is 0. The molecule has 5 aliphatic rings. The SMILES string of the molecule is O=S1(=O)C[C@@H]2[C@H](C1)[C@H]2Nc1nccc(-c2sc(C34CC(C3)C4)nc2-c2cccc(NS(=O)(=O)c3c(F)cccc3C(F)(F)F)c2F)n1. The molecule has 2 aromatic carbocycles. The van der Waals surface area contributed by atoms with E-state index in [2.05, 4.69) is 15.3 Å². The third-order valence-electron chi connectivity index (χ3n) is 9.57. The summed E-state index contributed by atoms with van der Waals surface area (Å²) < 4.78 is 123. The van der Waals surface area contributed by atoms with Gasteiger partial charge in [0.2, 0.25) is 5.95 Å². The Morgan fingerprint density at radius 3 is 2.32 bits per heavy atom. The van der Waals surface area contributed by atoms with Crippen LogP contribution in [0.15, 0.2) is 53.6 Å². The van der Waals surface area contributed by atoms with Gasteiger partial charge in [-0.25, -0.2) is 40.6 Å². The molecule has 1 saturated heterocycles. The van der Waals surface area contributed by atoms with Crippen molar-refractivity contribution in [1.82, 2.24) is 15.0 Å². The van der Waals surface area contributed by atoms with Crippen molar-refractivity contribution >= 4 is 42.8 Å². The number of nitrogens with zero attached hydrogens (tertiary/aromatic N) is 3. The Bertz CT molecular complexity index is 2160. The van der Waals surface area contributed by atoms with Gasteiger partial charge >= 0.3 is 6.18 Å². The van der Waals surface area contributed by atoms with Crippen molar-refractivity contribution in [2.75, 3.05) is 21.5 Å². The maximum atomic E-state index is 16.2. The van der Waals surface area contributed by atoms with Gasteiger partial charge in [0.1, 0.15) is 15.7 Å². The predicted octanol–water partition coefficient (Wildman–Crippen LogP) is 5.87. The number of hydrogen-bond acceptors (Lipinski definition) is 9. The molecule has 0 unspecified atom stereocenters. The van der Waals surface area contributed by atoms with E-state index >= 15 is 4.39 Å². The van der Waals surface area contributed by atoms with Crippen LogP contribution in [-0.2, 0) is 31.5 Å². The Kier molecular flexibility index (Phi) is 6.61. The molecule has 9 rings (SSSR count). The lowest BCUT2D eigenvalue weighted by molar-refractivity contribution is -0.140. The van der Waals surface area contributed by atoms with Gasteiger partial charge in [0.25, 0.3) is 10.0 Å². The number of sulfone groups is 1. The van der Waals surface area contributed by atoms with Crippen LogP contribution in [0.25, 0.3) is 21.8 Å². The number of anilines is 2. The van der Waals surface area contributed by atoms with Crippen molar-refractivity contribution in [2.24, 2.45) is 17.8 Å². The number of alkyl halides is 3. The van der Waals surface area contributed by atoms with Crippen LogP contribution >= 0.6 is 11.3 Å². The van der Waals surface area contributed by atoms with Gasteiger partial charge in [-0.05, 0) is 67.3 Å². The third-order valence-corrected chi connectivity index (χ3v) is 14.1. The molecule has 2 N–H and O–H groups in total. The molecule has 2 bridgehead atoms. The van der Waals surface area contributed by atoms with Gasteiger partial charge < -0.3 is 5.32 Å². The van der Waals surface area contributed by atoms with Gasteiger partial charge in [-0.1, -0.05) is 12.1 Å². The fraction of sp³-hybridized carbons (Fsp3) is 0.367. The molecule has 3 heterocycles. The summed E-state index contributed by atoms with van der Waals surface area (Å²) in [6, 6.07) is 6.99. The van der Waals surface area contributed by atoms with Gasteiger partial charge in [-0.15, -0.1) is 11.3 Å². The highest BCUT2D eigenvalue weighted by Gasteiger charge is 2.60. The Morgan fingerprint density at radius 1 is 0.957 bits per heavy atom. The van der Waals surface area contributed by atoms with Crippen molar-refractivity contribution in [3.8, 4) is 21.8 Å². The lowest BCUT2D eigenvalue weighted by atomic mass is 9.45. The third kappa shape index (κ3) is 5.08. The van der Waals surface area contributed by atoms with Crippen LogP contribution in [0.2, 0.25) is 0 Å². The number of benzene rings is 2. The Hall–Kier alpha value is -3.70. The fourth-order valence-electron chi connectivity index (χ4n) is 7.11. The average molecular weight is 710 g/mol. The number of halogens is 5. The van der Waals surface area contributed by atoms with Crippen molar-refractivity contribution in [3.63, 3.8) is 0 Å². The van der Waals surface area contributed by atoms with Gasteiger partial charge in [0, 0.05) is 23.2 Å². The van der Waals surface area contributed by atoms with Crippen molar-refractivity contribution in [2.45, 2.75) is 41.8 Å². The Balaban J connectivity index is 1.16. The monoisotopic (exact) mass is 709 g/mol. The first kappa shape index (κ1) is 30.6. The van der Waals surface area contributed by atoms with Crippen LogP contribution in [0.1, 0.15) is 29.8 Å². The van der Waals surface area contributed by atoms with E-state index in [0.717, 1.165) is 36.4 Å². The van der Waals surface area contributed by atoms with E-state index in [0.29, 0.717) is 28.6 Å². The van der Waals surface area contributed by atoms with Crippen LogP contribution in [-0.4, -0.2) is 49.3 Å². The normalized spacial score (nSPS) is 27.0. The summed E-state index contributed by atoms with van der Waals surface area (Å²) >= 11 is 1.33. The van der Waals surface area contributed by atoms with Gasteiger partial charge in [-0.3, -0.25) is 4.72 Å². The second-order valence-electron chi connectivity index (χ2n) is 12.7. The highest BCUT2D eigenvalue weighted by Crippen LogP contribution is 2.66. The highest BCUT2D eigenvalue weighted by atomic mass is 32.2. The van der Waals surface area contributed by atoms with E-state index in [1.807, 2.05) is 4.72 Å². The van der Waals surface area contributed by atoms with E-state index in [1.165, 1.54) is 29.7 Å². The molecule has 3 atom stereocenters. The molecule has 4 aliphatic carbocycles. The fourth-order valence-corrected chi connectivity index (χ4v) is 11.9. The minimum absolute atomic E-state index is 0.0145. The van der Waals surface area contributed by atoms with E-state index in [4.69, 9.17) is 4.98 Å². The number of nitrogens with one attached hydrogen (secondary N) is 2. The van der Waals surface area contributed by atoms with Gasteiger partial charge in [-0.2, -0.15) is 13.2 Å². The predicted molar refractivity (Wildman–Crippen MR) is 163 cm³/mol. The minimum Gasteiger partial charge on any atom is -0.351 e. The zero-order chi connectivity index (χ0) is 33.1. The summed E-state index contributed by atoms with van der Waals surface area (Å²) in [5.74, 6) is -1.70. The molecule has 9 nitrogen and oxygen atoms in total. The second kappa shape index (κ2) is 10.2. The number of fused-ring (bicyclic) bond motifs is 1. The Morgan fingerprint density at radius 2 is 1.66 bits per heavy atom. The molecule has 5 fully saturated rings. The molecule has 1 aliphatic heterocycles. The molecule has 2 aromatic heterocycles. The van der Waals surface area contributed by atoms with Crippen molar-refractivity contribution < 1.29 is 38.8 Å². The molecule has 0 radical (unpaired) electrons. The number of rotatable bonds is 8. The molecule has 4 aromatic rings. The van der Waals surface area contributed by atoms with Crippen LogP contribution < -0.4 is 10.0 Å². The maximum absolute atomic E-state index is 16.2. The second-order valence-corrected chi connectivity index (χ2v) is 17.5. The Labute approximate surface area is 269 Å². The van der Waals surface area contributed by atoms with E-state index in [-0.39, 0.29) is 52.0 Å². The number of thiazole rings is 1. The number of hydrogen-bond donors (Lipinski definition) is 2. The average Bonchev–Trinajstić information content (AvgIpc) is 3.25. The molecule has 17 heteroatoms. The van der Waals surface area contributed by atoms with Crippen molar-refractivity contribution in [1.29, 1.82) is 0 Å². The lowest BCUT2D eigenvalue weighted by Crippen LogP contribution is -2.55. The van der Waals surface area contributed by atoms with E-state index in [9.17, 15) is 34.4 Å². The topological polar surface area (TPSA) is 131 Å². The van der Waals surface area contributed by atoms with Crippen LogP contribution in [0.4, 0.5) is 33.6 Å². The van der Waals surface area contributed by atoms with Crippen LogP contribution in [0.3, 0.4) is 0 Å².